The summed E-state index contributed by atoms with van der Waals surface area (Å²) in [7, 11) is 0.712. The van der Waals surface area contributed by atoms with Crippen molar-refractivity contribution in [1.29, 1.82) is 0 Å². The van der Waals surface area contributed by atoms with Crippen LogP contribution in [0.3, 0.4) is 0 Å². The highest BCUT2D eigenvalue weighted by molar-refractivity contribution is 7.97. The minimum absolute atomic E-state index is 0.712. The van der Waals surface area contributed by atoms with E-state index >= 15 is 0 Å². The average Bonchev–Trinajstić information content (AvgIpc) is 2.72. The van der Waals surface area contributed by atoms with Crippen LogP contribution in [0.2, 0.25) is 0 Å². The SMILES string of the molecule is C(=C\c1ccccc1)/C[S+]1CCCC1. The van der Waals surface area contributed by atoms with Crippen molar-refractivity contribution in [3.05, 3.63) is 42.0 Å². The Balaban J connectivity index is 1.82. The van der Waals surface area contributed by atoms with Gasteiger partial charge in [-0.3, -0.25) is 0 Å². The quantitative estimate of drug-likeness (QED) is 0.665. The Morgan fingerprint density at radius 3 is 2.50 bits per heavy atom. The predicted molar refractivity (Wildman–Crippen MR) is 66.7 cm³/mol. The third-order valence-corrected chi connectivity index (χ3v) is 4.95. The van der Waals surface area contributed by atoms with E-state index < -0.39 is 0 Å². The first-order chi connectivity index (χ1) is 6.95. The summed E-state index contributed by atoms with van der Waals surface area (Å²) in [6.45, 7) is 0. The molecule has 0 nitrogen and oxygen atoms in total. The maximum absolute atomic E-state index is 2.35. The Morgan fingerprint density at radius 2 is 1.79 bits per heavy atom. The molecule has 0 N–H and O–H groups in total. The molecule has 1 aromatic rings. The molecule has 2 rings (SSSR count). The minimum Gasteiger partial charge on any atom is -0.0622 e. The lowest BCUT2D eigenvalue weighted by Gasteiger charge is -1.95. The van der Waals surface area contributed by atoms with Crippen LogP contribution in [0.4, 0.5) is 0 Å². The van der Waals surface area contributed by atoms with Gasteiger partial charge >= 0.3 is 0 Å². The zero-order valence-electron chi connectivity index (χ0n) is 8.49. The Labute approximate surface area is 89.4 Å². The molecule has 0 aromatic heterocycles. The molecule has 0 unspecified atom stereocenters. The highest BCUT2D eigenvalue weighted by Crippen LogP contribution is 2.14. The van der Waals surface area contributed by atoms with Crippen molar-refractivity contribution in [2.45, 2.75) is 12.8 Å². The van der Waals surface area contributed by atoms with Crippen LogP contribution in [-0.4, -0.2) is 17.3 Å². The Kier molecular flexibility index (Phi) is 3.70. The van der Waals surface area contributed by atoms with Gasteiger partial charge in [-0.2, -0.15) is 0 Å². The second-order valence-corrected chi connectivity index (χ2v) is 6.08. The third kappa shape index (κ3) is 2.91. The molecule has 0 aliphatic carbocycles. The van der Waals surface area contributed by atoms with Gasteiger partial charge < -0.3 is 0 Å². The molecule has 0 radical (unpaired) electrons. The zero-order valence-corrected chi connectivity index (χ0v) is 9.30. The van der Waals surface area contributed by atoms with Crippen molar-refractivity contribution >= 4 is 17.0 Å². The van der Waals surface area contributed by atoms with E-state index in [1.807, 2.05) is 0 Å². The summed E-state index contributed by atoms with van der Waals surface area (Å²) in [6.07, 6.45) is 7.53. The topological polar surface area (TPSA) is 0 Å². The average molecular weight is 205 g/mol. The van der Waals surface area contributed by atoms with Gasteiger partial charge in [0.1, 0.15) is 17.3 Å². The highest BCUT2D eigenvalue weighted by atomic mass is 32.2. The van der Waals surface area contributed by atoms with Crippen molar-refractivity contribution in [3.63, 3.8) is 0 Å². The summed E-state index contributed by atoms with van der Waals surface area (Å²) in [5, 5.41) is 0. The number of hydrogen-bond acceptors (Lipinski definition) is 0. The van der Waals surface area contributed by atoms with Crippen LogP contribution >= 0.6 is 0 Å². The molecule has 1 aromatic carbocycles. The van der Waals surface area contributed by atoms with E-state index in [0.29, 0.717) is 10.9 Å². The number of hydrogen-bond donors (Lipinski definition) is 0. The largest absolute Gasteiger partial charge is 0.126 e. The van der Waals surface area contributed by atoms with Gasteiger partial charge in [-0.1, -0.05) is 36.4 Å². The van der Waals surface area contributed by atoms with Gasteiger partial charge in [-0.05, 0) is 35.4 Å². The van der Waals surface area contributed by atoms with Gasteiger partial charge in [0.15, 0.2) is 0 Å². The molecular weight excluding hydrogens is 188 g/mol. The van der Waals surface area contributed by atoms with E-state index in [2.05, 4.69) is 42.5 Å². The van der Waals surface area contributed by atoms with Crippen molar-refractivity contribution in [2.24, 2.45) is 0 Å². The predicted octanol–water partition coefficient (Wildman–Crippen LogP) is 3.11. The van der Waals surface area contributed by atoms with Crippen LogP contribution in [0, 0.1) is 0 Å². The Bertz CT molecular complexity index is 283. The van der Waals surface area contributed by atoms with E-state index in [9.17, 15) is 0 Å². The first-order valence-electron chi connectivity index (χ1n) is 5.31. The normalized spacial score (nSPS) is 18.0. The lowest BCUT2D eigenvalue weighted by molar-refractivity contribution is 0.949. The number of benzene rings is 1. The van der Waals surface area contributed by atoms with E-state index in [1.165, 1.54) is 35.7 Å². The van der Waals surface area contributed by atoms with Gasteiger partial charge in [-0.25, -0.2) is 0 Å². The second-order valence-electron chi connectivity index (χ2n) is 3.71. The van der Waals surface area contributed by atoms with Crippen LogP contribution in [0.25, 0.3) is 6.08 Å². The molecule has 1 saturated heterocycles. The first kappa shape index (κ1) is 9.85. The standard InChI is InChI=1S/C13H17S/c1-2-7-13(8-3-1)9-6-12-14-10-4-5-11-14/h1-3,6-9H,4-5,10-12H2/q+1/b9-6+. The summed E-state index contributed by atoms with van der Waals surface area (Å²) < 4.78 is 0. The molecule has 1 aliphatic rings. The number of rotatable bonds is 3. The molecule has 0 bridgehead atoms. The fraction of sp³-hybridized carbons (Fsp3) is 0.385. The van der Waals surface area contributed by atoms with E-state index in [4.69, 9.17) is 0 Å². The van der Waals surface area contributed by atoms with Crippen LogP contribution in [0.15, 0.2) is 36.4 Å². The summed E-state index contributed by atoms with van der Waals surface area (Å²) in [4.78, 5) is 0. The molecule has 0 spiro atoms. The first-order valence-corrected chi connectivity index (χ1v) is 7.04. The fourth-order valence-electron chi connectivity index (χ4n) is 1.77. The molecule has 0 atom stereocenters. The van der Waals surface area contributed by atoms with Crippen molar-refractivity contribution in [3.8, 4) is 0 Å². The van der Waals surface area contributed by atoms with Gasteiger partial charge in [-0.15, -0.1) is 0 Å². The molecule has 74 valence electrons. The monoisotopic (exact) mass is 205 g/mol. The molecule has 0 amide bonds. The van der Waals surface area contributed by atoms with Crippen molar-refractivity contribution in [1.82, 2.24) is 0 Å². The molecule has 1 aliphatic heterocycles. The van der Waals surface area contributed by atoms with E-state index in [0.717, 1.165) is 0 Å². The van der Waals surface area contributed by atoms with E-state index in [-0.39, 0.29) is 0 Å². The van der Waals surface area contributed by atoms with Gasteiger partial charge in [0.2, 0.25) is 0 Å². The second kappa shape index (κ2) is 5.26. The molecule has 14 heavy (non-hydrogen) atoms. The Hall–Kier alpha value is -0.690. The molecule has 1 fully saturated rings. The summed E-state index contributed by atoms with van der Waals surface area (Å²) in [5.41, 5.74) is 1.33. The lowest BCUT2D eigenvalue weighted by Crippen LogP contribution is -2.05. The minimum atomic E-state index is 0.712. The molecular formula is C13H17S+. The summed E-state index contributed by atoms with van der Waals surface area (Å²) in [5.74, 6) is 4.24. The van der Waals surface area contributed by atoms with Gasteiger partial charge in [0.25, 0.3) is 0 Å². The maximum Gasteiger partial charge on any atom is 0.126 e. The molecule has 0 saturated carbocycles. The highest BCUT2D eigenvalue weighted by Gasteiger charge is 2.21. The lowest BCUT2D eigenvalue weighted by atomic mass is 10.2. The Morgan fingerprint density at radius 1 is 1.07 bits per heavy atom. The van der Waals surface area contributed by atoms with Gasteiger partial charge in [0.05, 0.1) is 0 Å². The molecule has 1 heteroatoms. The van der Waals surface area contributed by atoms with Crippen LogP contribution in [0.1, 0.15) is 18.4 Å². The van der Waals surface area contributed by atoms with E-state index in [1.54, 1.807) is 0 Å². The van der Waals surface area contributed by atoms with Crippen molar-refractivity contribution in [2.75, 3.05) is 17.3 Å². The fourth-order valence-corrected chi connectivity index (χ4v) is 3.90. The van der Waals surface area contributed by atoms with Crippen LogP contribution < -0.4 is 0 Å². The zero-order chi connectivity index (χ0) is 9.64. The smallest absolute Gasteiger partial charge is 0.0622 e. The molecule has 1 heterocycles. The maximum atomic E-state index is 2.35. The van der Waals surface area contributed by atoms with Gasteiger partial charge in [0, 0.05) is 0 Å². The summed E-state index contributed by atoms with van der Waals surface area (Å²) >= 11 is 0. The third-order valence-electron chi connectivity index (χ3n) is 2.56. The summed E-state index contributed by atoms with van der Waals surface area (Å²) in [6, 6.07) is 10.6. The van der Waals surface area contributed by atoms with Crippen LogP contribution in [-0.2, 0) is 10.9 Å². The van der Waals surface area contributed by atoms with Crippen molar-refractivity contribution < 1.29 is 0 Å². The van der Waals surface area contributed by atoms with Crippen LogP contribution in [0.5, 0.6) is 0 Å².